The number of benzene rings is 1. The number of carbonyl (C=O) groups excluding carboxylic acids is 2. The third-order valence-electron chi connectivity index (χ3n) is 3.79. The summed E-state index contributed by atoms with van der Waals surface area (Å²) in [6, 6.07) is 13.7. The Bertz CT molecular complexity index is 930. The van der Waals surface area contributed by atoms with E-state index in [-0.39, 0.29) is 23.9 Å². The minimum atomic E-state index is -0.394. The van der Waals surface area contributed by atoms with Crippen LogP contribution in [0, 0.1) is 0 Å². The van der Waals surface area contributed by atoms with E-state index in [9.17, 15) is 9.59 Å². The second-order valence-electron chi connectivity index (χ2n) is 5.72. The zero-order valence-corrected chi connectivity index (χ0v) is 14.5. The van der Waals surface area contributed by atoms with Gasteiger partial charge in [0.15, 0.2) is 0 Å². The van der Waals surface area contributed by atoms with Crippen molar-refractivity contribution in [2.75, 3.05) is 17.7 Å². The average Bonchev–Trinajstić information content (AvgIpc) is 2.70. The van der Waals surface area contributed by atoms with Crippen LogP contribution in [0.3, 0.4) is 0 Å². The van der Waals surface area contributed by atoms with Gasteiger partial charge in [0.1, 0.15) is 5.82 Å². The Morgan fingerprint density at radius 2 is 1.81 bits per heavy atom. The summed E-state index contributed by atoms with van der Waals surface area (Å²) in [6.07, 6.45) is 5.14. The molecule has 2 heterocycles. The van der Waals surface area contributed by atoms with E-state index >= 15 is 0 Å². The van der Waals surface area contributed by atoms with Gasteiger partial charge in [0, 0.05) is 30.7 Å². The smallest absolute Gasteiger partial charge is 0.338 e. The van der Waals surface area contributed by atoms with Crippen molar-refractivity contribution >= 4 is 23.4 Å². The summed E-state index contributed by atoms with van der Waals surface area (Å²) in [7, 11) is 0. The number of pyridine rings is 2. The second-order valence-corrected chi connectivity index (χ2v) is 5.72. The lowest BCUT2D eigenvalue weighted by atomic mass is 10.1. The van der Waals surface area contributed by atoms with Crippen LogP contribution in [0.25, 0.3) is 0 Å². The van der Waals surface area contributed by atoms with Gasteiger partial charge < -0.3 is 15.8 Å². The van der Waals surface area contributed by atoms with Crippen LogP contribution in [0.4, 0.5) is 11.5 Å². The van der Waals surface area contributed by atoms with Crippen molar-refractivity contribution in [2.24, 2.45) is 0 Å². The third kappa shape index (κ3) is 4.88. The fraction of sp³-hybridized carbons (Fsp3) is 0.100. The highest BCUT2D eigenvalue weighted by atomic mass is 16.5. The fourth-order valence-electron chi connectivity index (χ4n) is 2.39. The molecule has 0 aliphatic rings. The number of hydrogen-bond acceptors (Lipinski definition) is 6. The molecular formula is C20H18N4O3. The first-order valence-electron chi connectivity index (χ1n) is 8.31. The number of carbonyl (C=O) groups is 2. The molecular weight excluding hydrogens is 344 g/mol. The van der Waals surface area contributed by atoms with Gasteiger partial charge in [0.25, 0.3) is 5.91 Å². The minimum absolute atomic E-state index is 0.131. The lowest BCUT2D eigenvalue weighted by molar-refractivity contribution is 0.0509. The topological polar surface area (TPSA) is 107 Å². The van der Waals surface area contributed by atoms with Crippen molar-refractivity contribution < 1.29 is 14.3 Å². The molecule has 0 bridgehead atoms. The molecule has 0 aliphatic carbocycles. The molecule has 1 amide bonds. The molecule has 3 N–H and O–H groups in total. The number of hydrogen-bond donors (Lipinski definition) is 2. The molecule has 7 heteroatoms. The second kappa shape index (κ2) is 8.57. The average molecular weight is 362 g/mol. The molecule has 27 heavy (non-hydrogen) atoms. The zero-order chi connectivity index (χ0) is 19.1. The molecule has 0 fully saturated rings. The van der Waals surface area contributed by atoms with E-state index in [1.165, 1.54) is 0 Å². The Kier molecular flexibility index (Phi) is 5.73. The summed E-state index contributed by atoms with van der Waals surface area (Å²) in [5.41, 5.74) is 7.93. The highest BCUT2D eigenvalue weighted by molar-refractivity contribution is 6.07. The first kappa shape index (κ1) is 18.1. The summed E-state index contributed by atoms with van der Waals surface area (Å²) in [5.74, 6) is -0.629. The first-order valence-corrected chi connectivity index (χ1v) is 8.31. The molecule has 1 aromatic carbocycles. The van der Waals surface area contributed by atoms with Crippen LogP contribution in [0.15, 0.2) is 67.1 Å². The summed E-state index contributed by atoms with van der Waals surface area (Å²) >= 11 is 0. The molecule has 0 saturated carbocycles. The van der Waals surface area contributed by atoms with Crippen LogP contribution in [-0.2, 0) is 11.2 Å². The standard InChI is InChI=1S/C20H18N4O3/c21-18-17(19(25)24-16-6-9-22-10-7-16)12-14(13-23-18)8-11-27-20(26)15-4-2-1-3-5-15/h1-7,9-10,12-13H,8,11H2,(H2,21,23)(H,22,24,25). The first-order chi connectivity index (χ1) is 13.1. The van der Waals surface area contributed by atoms with E-state index in [1.807, 2.05) is 6.07 Å². The van der Waals surface area contributed by atoms with Gasteiger partial charge in [-0.25, -0.2) is 9.78 Å². The van der Waals surface area contributed by atoms with Gasteiger partial charge in [0.05, 0.1) is 17.7 Å². The number of rotatable bonds is 6. The lowest BCUT2D eigenvalue weighted by Gasteiger charge is -2.09. The van der Waals surface area contributed by atoms with Crippen molar-refractivity contribution in [1.82, 2.24) is 9.97 Å². The van der Waals surface area contributed by atoms with E-state index in [0.29, 0.717) is 17.7 Å². The van der Waals surface area contributed by atoms with E-state index in [0.717, 1.165) is 5.56 Å². The Morgan fingerprint density at radius 1 is 1.07 bits per heavy atom. The Morgan fingerprint density at radius 3 is 2.56 bits per heavy atom. The Balaban J connectivity index is 1.61. The van der Waals surface area contributed by atoms with Gasteiger partial charge in [-0.05, 0) is 35.9 Å². The highest BCUT2D eigenvalue weighted by Crippen LogP contribution is 2.15. The molecule has 136 valence electrons. The number of nitrogens with one attached hydrogen (secondary N) is 1. The maximum atomic E-state index is 12.4. The maximum absolute atomic E-state index is 12.4. The normalized spacial score (nSPS) is 10.2. The largest absolute Gasteiger partial charge is 0.462 e. The number of amides is 1. The van der Waals surface area contributed by atoms with Gasteiger partial charge in [0.2, 0.25) is 0 Å². The summed E-state index contributed by atoms with van der Waals surface area (Å²) < 4.78 is 5.25. The molecule has 0 saturated heterocycles. The fourth-order valence-corrected chi connectivity index (χ4v) is 2.39. The van der Waals surface area contributed by atoms with Gasteiger partial charge in [-0.2, -0.15) is 0 Å². The number of nitrogens with zero attached hydrogens (tertiary/aromatic N) is 2. The third-order valence-corrected chi connectivity index (χ3v) is 3.79. The molecule has 3 rings (SSSR count). The molecule has 0 radical (unpaired) electrons. The van der Waals surface area contributed by atoms with Gasteiger partial charge in [-0.15, -0.1) is 0 Å². The number of nitrogen functional groups attached to an aromatic ring is 1. The van der Waals surface area contributed by atoms with E-state index in [4.69, 9.17) is 10.5 Å². The van der Waals surface area contributed by atoms with E-state index in [2.05, 4.69) is 15.3 Å². The quantitative estimate of drug-likeness (QED) is 0.653. The summed E-state index contributed by atoms with van der Waals surface area (Å²) in [6.45, 7) is 0.171. The predicted molar refractivity (Wildman–Crippen MR) is 101 cm³/mol. The van der Waals surface area contributed by atoms with Crippen LogP contribution < -0.4 is 11.1 Å². The van der Waals surface area contributed by atoms with E-state index in [1.54, 1.807) is 61.1 Å². The van der Waals surface area contributed by atoms with Crippen LogP contribution in [0.2, 0.25) is 0 Å². The van der Waals surface area contributed by atoms with E-state index < -0.39 is 5.97 Å². The number of ether oxygens (including phenoxy) is 1. The zero-order valence-electron chi connectivity index (χ0n) is 14.5. The Labute approximate surface area is 156 Å². The van der Waals surface area contributed by atoms with Crippen LogP contribution in [0.1, 0.15) is 26.3 Å². The lowest BCUT2D eigenvalue weighted by Crippen LogP contribution is -2.16. The molecule has 7 nitrogen and oxygen atoms in total. The molecule has 0 atom stereocenters. The van der Waals surface area contributed by atoms with Gasteiger partial charge in [-0.3, -0.25) is 9.78 Å². The number of aromatic nitrogens is 2. The molecule has 0 spiro atoms. The molecule has 0 aliphatic heterocycles. The number of anilines is 2. The van der Waals surface area contributed by atoms with Gasteiger partial charge >= 0.3 is 5.97 Å². The van der Waals surface area contributed by atoms with Crippen LogP contribution in [-0.4, -0.2) is 28.5 Å². The number of esters is 1. The molecule has 2 aromatic heterocycles. The van der Waals surface area contributed by atoms with Crippen molar-refractivity contribution in [3.63, 3.8) is 0 Å². The number of nitrogens with two attached hydrogens (primary N) is 1. The summed E-state index contributed by atoms with van der Waals surface area (Å²) in [5, 5.41) is 2.74. The minimum Gasteiger partial charge on any atom is -0.462 e. The van der Waals surface area contributed by atoms with Crippen molar-refractivity contribution in [1.29, 1.82) is 0 Å². The summed E-state index contributed by atoms with van der Waals surface area (Å²) in [4.78, 5) is 32.3. The van der Waals surface area contributed by atoms with Crippen LogP contribution in [0.5, 0.6) is 0 Å². The maximum Gasteiger partial charge on any atom is 0.338 e. The monoisotopic (exact) mass is 362 g/mol. The molecule has 0 unspecified atom stereocenters. The van der Waals surface area contributed by atoms with Crippen molar-refractivity contribution in [3.8, 4) is 0 Å². The van der Waals surface area contributed by atoms with Crippen LogP contribution >= 0.6 is 0 Å². The van der Waals surface area contributed by atoms with Gasteiger partial charge in [-0.1, -0.05) is 18.2 Å². The molecule has 3 aromatic rings. The van der Waals surface area contributed by atoms with Crippen molar-refractivity contribution in [3.05, 3.63) is 83.8 Å². The Hall–Kier alpha value is -3.74. The predicted octanol–water partition coefficient (Wildman–Crippen LogP) is 2.71. The highest BCUT2D eigenvalue weighted by Gasteiger charge is 2.13. The SMILES string of the molecule is Nc1ncc(CCOC(=O)c2ccccc2)cc1C(=O)Nc1ccncc1. The van der Waals surface area contributed by atoms with Crippen molar-refractivity contribution in [2.45, 2.75) is 6.42 Å².